The van der Waals surface area contributed by atoms with Crippen LogP contribution in [0.4, 0.5) is 0 Å². The van der Waals surface area contributed by atoms with Crippen molar-refractivity contribution in [1.29, 1.82) is 0 Å². The van der Waals surface area contributed by atoms with E-state index >= 15 is 0 Å². The number of nitrogens with zero attached hydrogens (tertiary/aromatic N) is 2. The number of hydrogen-bond acceptors (Lipinski definition) is 4. The molecule has 1 unspecified atom stereocenters. The Morgan fingerprint density at radius 1 is 1.47 bits per heavy atom. The first kappa shape index (κ1) is 12.6. The molecule has 1 fully saturated rings. The van der Waals surface area contributed by atoms with Gasteiger partial charge >= 0.3 is 0 Å². The molecule has 4 nitrogen and oxygen atoms in total. The van der Waals surface area contributed by atoms with Crippen molar-refractivity contribution >= 4 is 11.6 Å². The van der Waals surface area contributed by atoms with Gasteiger partial charge in [0, 0.05) is 11.4 Å². The Morgan fingerprint density at radius 3 is 2.95 bits per heavy atom. The molecule has 0 aliphatic heterocycles. The molecule has 19 heavy (non-hydrogen) atoms. The molecule has 1 aliphatic rings. The van der Waals surface area contributed by atoms with Gasteiger partial charge in [-0.3, -0.25) is 0 Å². The molecule has 5 heteroatoms. The van der Waals surface area contributed by atoms with E-state index in [2.05, 4.69) is 10.1 Å². The number of aromatic nitrogens is 2. The fourth-order valence-corrected chi connectivity index (χ4v) is 2.44. The fraction of sp³-hybridized carbons (Fsp3) is 0.429. The highest BCUT2D eigenvalue weighted by atomic mass is 35.5. The first-order valence-corrected chi connectivity index (χ1v) is 6.80. The summed E-state index contributed by atoms with van der Waals surface area (Å²) in [5.74, 6) is 1.65. The van der Waals surface area contributed by atoms with Crippen molar-refractivity contribution in [3.8, 4) is 0 Å². The average molecular weight is 278 g/mol. The summed E-state index contributed by atoms with van der Waals surface area (Å²) in [6, 6.07) is 7.65. The fourth-order valence-electron chi connectivity index (χ4n) is 2.23. The Hall–Kier alpha value is -1.39. The van der Waals surface area contributed by atoms with Crippen LogP contribution in [0.5, 0.6) is 0 Å². The third-order valence-corrected chi connectivity index (χ3v) is 3.84. The minimum absolute atomic E-state index is 0.465. The van der Waals surface area contributed by atoms with E-state index in [0.717, 1.165) is 18.4 Å². The predicted octanol–water partition coefficient (Wildman–Crippen LogP) is 2.90. The van der Waals surface area contributed by atoms with Crippen LogP contribution in [0.2, 0.25) is 5.02 Å². The van der Waals surface area contributed by atoms with Gasteiger partial charge in [-0.25, -0.2) is 0 Å². The first-order valence-electron chi connectivity index (χ1n) is 6.42. The van der Waals surface area contributed by atoms with Gasteiger partial charge in [0.05, 0.1) is 5.54 Å². The second-order valence-electron chi connectivity index (χ2n) is 5.38. The zero-order valence-electron chi connectivity index (χ0n) is 10.8. The third-order valence-electron chi connectivity index (χ3n) is 3.61. The molecule has 1 aromatic carbocycles. The van der Waals surface area contributed by atoms with Crippen LogP contribution in [-0.4, -0.2) is 10.1 Å². The summed E-state index contributed by atoms with van der Waals surface area (Å²) >= 11 is 5.95. The van der Waals surface area contributed by atoms with Gasteiger partial charge in [0.1, 0.15) is 0 Å². The predicted molar refractivity (Wildman–Crippen MR) is 72.8 cm³/mol. The zero-order chi connectivity index (χ0) is 13.5. The van der Waals surface area contributed by atoms with Crippen LogP contribution >= 0.6 is 11.6 Å². The Kier molecular flexibility index (Phi) is 3.07. The third kappa shape index (κ3) is 2.65. The largest absolute Gasteiger partial charge is 0.337 e. The molecule has 0 spiro atoms. The summed E-state index contributed by atoms with van der Waals surface area (Å²) in [6.07, 6.45) is 2.88. The van der Waals surface area contributed by atoms with E-state index in [1.807, 2.05) is 31.2 Å². The molecule has 1 atom stereocenters. The van der Waals surface area contributed by atoms with Crippen molar-refractivity contribution in [2.75, 3.05) is 0 Å². The van der Waals surface area contributed by atoms with Crippen LogP contribution in [0.25, 0.3) is 0 Å². The number of rotatable bonds is 4. The quantitative estimate of drug-likeness (QED) is 0.933. The van der Waals surface area contributed by atoms with E-state index in [1.165, 1.54) is 0 Å². The number of hydrogen-bond donors (Lipinski definition) is 1. The molecule has 2 N–H and O–H groups in total. The molecule has 1 heterocycles. The summed E-state index contributed by atoms with van der Waals surface area (Å²) in [4.78, 5) is 4.42. The minimum Gasteiger partial charge on any atom is -0.337 e. The molecule has 1 saturated carbocycles. The van der Waals surface area contributed by atoms with E-state index in [0.29, 0.717) is 29.1 Å². The lowest BCUT2D eigenvalue weighted by molar-refractivity contribution is 0.272. The van der Waals surface area contributed by atoms with Crippen molar-refractivity contribution < 1.29 is 4.52 Å². The second kappa shape index (κ2) is 4.62. The molecule has 3 rings (SSSR count). The van der Waals surface area contributed by atoms with Gasteiger partial charge < -0.3 is 10.3 Å². The summed E-state index contributed by atoms with van der Waals surface area (Å²) < 4.78 is 5.31. The van der Waals surface area contributed by atoms with Crippen molar-refractivity contribution in [2.24, 2.45) is 11.7 Å². The molecule has 0 radical (unpaired) electrons. The van der Waals surface area contributed by atoms with Gasteiger partial charge in [0.2, 0.25) is 5.89 Å². The molecular formula is C14H16ClN3O. The van der Waals surface area contributed by atoms with Crippen molar-refractivity contribution in [1.82, 2.24) is 10.1 Å². The smallest absolute Gasteiger partial charge is 0.246 e. The van der Waals surface area contributed by atoms with Crippen LogP contribution in [0, 0.1) is 5.92 Å². The highest BCUT2D eigenvalue weighted by Crippen LogP contribution is 2.43. The molecule has 1 aliphatic carbocycles. The lowest BCUT2D eigenvalue weighted by Crippen LogP contribution is -2.35. The Morgan fingerprint density at radius 2 is 2.26 bits per heavy atom. The monoisotopic (exact) mass is 277 g/mol. The van der Waals surface area contributed by atoms with Crippen LogP contribution in [-0.2, 0) is 12.0 Å². The number of benzene rings is 1. The minimum atomic E-state index is -0.500. The molecule has 0 bridgehead atoms. The average Bonchev–Trinajstić information content (AvgIpc) is 3.11. The topological polar surface area (TPSA) is 64.9 Å². The molecular weight excluding hydrogens is 262 g/mol. The zero-order valence-corrected chi connectivity index (χ0v) is 11.5. The normalized spacial score (nSPS) is 18.3. The lowest BCUT2D eigenvalue weighted by Gasteiger charge is -2.18. The molecule has 1 aromatic heterocycles. The number of nitrogens with two attached hydrogens (primary N) is 1. The van der Waals surface area contributed by atoms with Gasteiger partial charge in [-0.2, -0.15) is 4.98 Å². The molecule has 100 valence electrons. The van der Waals surface area contributed by atoms with Crippen LogP contribution in [0.15, 0.2) is 28.8 Å². The second-order valence-corrected chi connectivity index (χ2v) is 5.82. The lowest BCUT2D eigenvalue weighted by atomic mass is 9.97. The SMILES string of the molecule is CC(N)(c1nc(Cc2cccc(Cl)c2)no1)C1CC1. The summed E-state index contributed by atoms with van der Waals surface area (Å²) in [6.45, 7) is 1.96. The summed E-state index contributed by atoms with van der Waals surface area (Å²) in [5.41, 5.74) is 6.82. The van der Waals surface area contributed by atoms with Gasteiger partial charge in [0.25, 0.3) is 0 Å². The van der Waals surface area contributed by atoms with Gasteiger partial charge in [0.15, 0.2) is 5.82 Å². The molecule has 0 amide bonds. The van der Waals surface area contributed by atoms with Crippen molar-refractivity contribution in [3.63, 3.8) is 0 Å². The summed E-state index contributed by atoms with van der Waals surface area (Å²) in [7, 11) is 0. The van der Waals surface area contributed by atoms with E-state index in [9.17, 15) is 0 Å². The molecule has 0 saturated heterocycles. The first-order chi connectivity index (χ1) is 9.05. The van der Waals surface area contributed by atoms with Crippen molar-refractivity contribution in [3.05, 3.63) is 46.6 Å². The maximum absolute atomic E-state index is 6.26. The Balaban J connectivity index is 1.78. The number of halogens is 1. The van der Waals surface area contributed by atoms with E-state index < -0.39 is 5.54 Å². The van der Waals surface area contributed by atoms with Crippen LogP contribution in [0.3, 0.4) is 0 Å². The summed E-state index contributed by atoms with van der Waals surface area (Å²) in [5, 5.41) is 4.72. The van der Waals surface area contributed by atoms with E-state index in [1.54, 1.807) is 0 Å². The van der Waals surface area contributed by atoms with Crippen molar-refractivity contribution in [2.45, 2.75) is 31.7 Å². The van der Waals surface area contributed by atoms with Gasteiger partial charge in [-0.05, 0) is 43.4 Å². The highest BCUT2D eigenvalue weighted by molar-refractivity contribution is 6.30. The maximum atomic E-state index is 6.26. The van der Waals surface area contributed by atoms with Crippen LogP contribution < -0.4 is 5.73 Å². The highest BCUT2D eigenvalue weighted by Gasteiger charge is 2.43. The standard InChI is InChI=1S/C14H16ClN3O/c1-14(16,10-5-6-10)13-17-12(18-19-13)8-9-3-2-4-11(15)7-9/h2-4,7,10H,5-6,8,16H2,1H3. The van der Waals surface area contributed by atoms with Gasteiger partial charge in [-0.1, -0.05) is 28.9 Å². The van der Waals surface area contributed by atoms with E-state index in [4.69, 9.17) is 21.9 Å². The van der Waals surface area contributed by atoms with E-state index in [-0.39, 0.29) is 0 Å². The van der Waals surface area contributed by atoms with Gasteiger partial charge in [-0.15, -0.1) is 0 Å². The van der Waals surface area contributed by atoms with Crippen LogP contribution in [0.1, 0.15) is 37.0 Å². The Labute approximate surface area is 117 Å². The molecule has 2 aromatic rings. The Bertz CT molecular complexity index is 590. The maximum Gasteiger partial charge on any atom is 0.246 e.